The standard InChI is InChI=1S/C29H38N2O4/c1-20-27(32)22(17-25-23-10-3-4-11-24(23)29(33)35-28(20)25)19-30(13-8-16-34-2)18-21-9-7-15-31-14-6-5-12-26(21)31/h3-4,10-11,17,21,26,32H,5-9,12-16,18-19H2,1-2H3/t21-,26+/m0/s1. The first-order chi connectivity index (χ1) is 17.1. The molecule has 5 rings (SSSR count). The number of aryl methyl sites for hydroxylation is 1. The molecule has 3 heterocycles. The fourth-order valence-corrected chi connectivity index (χ4v) is 6.38. The van der Waals surface area contributed by atoms with Crippen molar-refractivity contribution in [3.63, 3.8) is 0 Å². The molecule has 0 aliphatic carbocycles. The van der Waals surface area contributed by atoms with Crippen molar-refractivity contribution in [3.05, 3.63) is 51.9 Å². The van der Waals surface area contributed by atoms with E-state index in [1.54, 1.807) is 13.2 Å². The number of piperidine rings is 2. The van der Waals surface area contributed by atoms with Crippen LogP contribution in [0.2, 0.25) is 0 Å². The molecule has 1 N–H and O–H groups in total. The van der Waals surface area contributed by atoms with Crippen molar-refractivity contribution in [2.24, 2.45) is 5.92 Å². The van der Waals surface area contributed by atoms with Crippen LogP contribution in [0.15, 0.2) is 39.5 Å². The van der Waals surface area contributed by atoms with Crippen molar-refractivity contribution in [1.82, 2.24) is 9.80 Å². The van der Waals surface area contributed by atoms with Gasteiger partial charge in [0.15, 0.2) is 0 Å². The van der Waals surface area contributed by atoms with Crippen LogP contribution in [-0.2, 0) is 11.3 Å². The number of rotatable bonds is 8. The Morgan fingerprint density at radius 2 is 1.91 bits per heavy atom. The number of aromatic hydroxyl groups is 1. The number of phenolic OH excluding ortho intramolecular Hbond substituents is 1. The maximum atomic E-state index is 12.5. The monoisotopic (exact) mass is 478 g/mol. The van der Waals surface area contributed by atoms with Gasteiger partial charge in [-0.15, -0.1) is 0 Å². The molecular weight excluding hydrogens is 440 g/mol. The normalized spacial score (nSPS) is 21.1. The molecule has 2 aliphatic rings. The molecule has 1 aromatic heterocycles. The Morgan fingerprint density at radius 3 is 2.74 bits per heavy atom. The van der Waals surface area contributed by atoms with Gasteiger partial charge in [0.25, 0.3) is 0 Å². The summed E-state index contributed by atoms with van der Waals surface area (Å²) in [4.78, 5) is 17.8. The summed E-state index contributed by atoms with van der Waals surface area (Å²) in [7, 11) is 1.75. The van der Waals surface area contributed by atoms with E-state index in [4.69, 9.17) is 9.15 Å². The van der Waals surface area contributed by atoms with Crippen molar-refractivity contribution >= 4 is 21.7 Å². The molecule has 6 nitrogen and oxygen atoms in total. The third-order valence-electron chi connectivity index (χ3n) is 8.13. The van der Waals surface area contributed by atoms with Crippen molar-refractivity contribution < 1.29 is 14.3 Å². The van der Waals surface area contributed by atoms with Crippen LogP contribution in [0.1, 0.15) is 49.7 Å². The van der Waals surface area contributed by atoms with E-state index in [2.05, 4.69) is 9.80 Å². The second-order valence-corrected chi connectivity index (χ2v) is 10.4. The quantitative estimate of drug-likeness (QED) is 0.277. The summed E-state index contributed by atoms with van der Waals surface area (Å²) in [6.07, 6.45) is 7.49. The Hall–Kier alpha value is -2.41. The van der Waals surface area contributed by atoms with E-state index in [0.717, 1.165) is 42.5 Å². The highest BCUT2D eigenvalue weighted by atomic mass is 16.5. The number of benzene rings is 2. The van der Waals surface area contributed by atoms with E-state index in [1.807, 2.05) is 31.2 Å². The van der Waals surface area contributed by atoms with Gasteiger partial charge in [0.05, 0.1) is 5.39 Å². The second-order valence-electron chi connectivity index (χ2n) is 10.4. The third kappa shape index (κ3) is 4.97. The van der Waals surface area contributed by atoms with Crippen LogP contribution in [0.25, 0.3) is 21.7 Å². The van der Waals surface area contributed by atoms with Crippen molar-refractivity contribution in [2.45, 2.75) is 58.0 Å². The predicted octanol–water partition coefficient (Wildman–Crippen LogP) is 5.06. The first-order valence-electron chi connectivity index (χ1n) is 13.2. The lowest BCUT2D eigenvalue weighted by Crippen LogP contribution is -2.51. The minimum absolute atomic E-state index is 0.232. The number of methoxy groups -OCH3 is 1. The van der Waals surface area contributed by atoms with E-state index in [-0.39, 0.29) is 11.4 Å². The molecule has 0 unspecified atom stereocenters. The van der Waals surface area contributed by atoms with Crippen LogP contribution in [0.5, 0.6) is 5.75 Å². The molecule has 0 saturated carbocycles. The number of hydrogen-bond acceptors (Lipinski definition) is 6. The van der Waals surface area contributed by atoms with Gasteiger partial charge in [-0.05, 0) is 75.6 Å². The van der Waals surface area contributed by atoms with Gasteiger partial charge in [0.1, 0.15) is 11.3 Å². The van der Waals surface area contributed by atoms with E-state index in [9.17, 15) is 9.90 Å². The maximum absolute atomic E-state index is 12.5. The largest absolute Gasteiger partial charge is 0.507 e. The molecule has 2 atom stereocenters. The molecule has 2 fully saturated rings. The molecule has 2 aliphatic heterocycles. The zero-order valence-corrected chi connectivity index (χ0v) is 21.1. The van der Waals surface area contributed by atoms with Gasteiger partial charge in [0, 0.05) is 55.9 Å². The average Bonchev–Trinajstić information content (AvgIpc) is 2.88. The summed E-state index contributed by atoms with van der Waals surface area (Å²) >= 11 is 0. The Labute approximate surface area is 207 Å². The van der Waals surface area contributed by atoms with Gasteiger partial charge in [-0.1, -0.05) is 24.6 Å². The number of ether oxygens (including phenoxy) is 1. The lowest BCUT2D eigenvalue weighted by Gasteiger charge is -2.45. The average molecular weight is 479 g/mol. The topological polar surface area (TPSA) is 66.1 Å². The summed E-state index contributed by atoms with van der Waals surface area (Å²) in [5.74, 6) is 0.893. The SMILES string of the molecule is COCCCN(Cc1cc2c(oc(=O)c3ccccc32)c(C)c1O)C[C@@H]1CCCN2CCCC[C@H]12. The lowest BCUT2D eigenvalue weighted by atomic mass is 9.83. The highest BCUT2D eigenvalue weighted by molar-refractivity contribution is 6.05. The number of phenols is 1. The van der Waals surface area contributed by atoms with Gasteiger partial charge in [0.2, 0.25) is 0 Å². The first kappa shape index (κ1) is 24.3. The molecule has 35 heavy (non-hydrogen) atoms. The van der Waals surface area contributed by atoms with Crippen LogP contribution in [0.3, 0.4) is 0 Å². The fourth-order valence-electron chi connectivity index (χ4n) is 6.38. The zero-order valence-electron chi connectivity index (χ0n) is 21.1. The molecule has 0 amide bonds. The number of fused-ring (bicyclic) bond motifs is 4. The molecule has 0 spiro atoms. The van der Waals surface area contributed by atoms with E-state index in [0.29, 0.717) is 35.0 Å². The maximum Gasteiger partial charge on any atom is 0.344 e. The van der Waals surface area contributed by atoms with Crippen LogP contribution in [0, 0.1) is 12.8 Å². The Morgan fingerprint density at radius 1 is 1.11 bits per heavy atom. The Kier molecular flexibility index (Phi) is 7.42. The summed E-state index contributed by atoms with van der Waals surface area (Å²) in [6.45, 7) is 7.69. The summed E-state index contributed by atoms with van der Waals surface area (Å²) in [6, 6.07) is 10.3. The van der Waals surface area contributed by atoms with Gasteiger partial charge in [-0.2, -0.15) is 0 Å². The molecule has 0 radical (unpaired) electrons. The van der Waals surface area contributed by atoms with Crippen molar-refractivity contribution in [3.8, 4) is 5.75 Å². The second kappa shape index (κ2) is 10.7. The van der Waals surface area contributed by atoms with Gasteiger partial charge < -0.3 is 19.2 Å². The molecule has 0 bridgehead atoms. The van der Waals surface area contributed by atoms with Crippen molar-refractivity contribution in [2.75, 3.05) is 39.9 Å². The highest BCUT2D eigenvalue weighted by Crippen LogP contribution is 2.36. The summed E-state index contributed by atoms with van der Waals surface area (Å²) in [5, 5.41) is 13.5. The highest BCUT2D eigenvalue weighted by Gasteiger charge is 2.34. The van der Waals surface area contributed by atoms with Crippen LogP contribution in [-0.4, -0.2) is 60.8 Å². The van der Waals surface area contributed by atoms with E-state index in [1.165, 1.54) is 45.2 Å². The van der Waals surface area contributed by atoms with Crippen LogP contribution < -0.4 is 5.63 Å². The summed E-state index contributed by atoms with van der Waals surface area (Å²) in [5.41, 5.74) is 1.64. The smallest absolute Gasteiger partial charge is 0.344 e. The number of hydrogen-bond donors (Lipinski definition) is 1. The fraction of sp³-hybridized carbons (Fsp3) is 0.552. The first-order valence-corrected chi connectivity index (χ1v) is 13.2. The number of nitrogens with zero attached hydrogens (tertiary/aromatic N) is 2. The zero-order chi connectivity index (χ0) is 24.4. The molecular formula is C29H38N2O4. The minimum atomic E-state index is -0.362. The van der Waals surface area contributed by atoms with Crippen LogP contribution in [0.4, 0.5) is 0 Å². The molecule has 188 valence electrons. The van der Waals surface area contributed by atoms with E-state index >= 15 is 0 Å². The van der Waals surface area contributed by atoms with Gasteiger partial charge in [-0.25, -0.2) is 4.79 Å². The third-order valence-corrected chi connectivity index (χ3v) is 8.13. The summed E-state index contributed by atoms with van der Waals surface area (Å²) < 4.78 is 11.0. The Balaban J connectivity index is 1.47. The predicted molar refractivity (Wildman–Crippen MR) is 140 cm³/mol. The molecule has 6 heteroatoms. The van der Waals surface area contributed by atoms with E-state index < -0.39 is 0 Å². The molecule has 3 aromatic rings. The van der Waals surface area contributed by atoms with Crippen LogP contribution >= 0.6 is 0 Å². The minimum Gasteiger partial charge on any atom is -0.507 e. The molecule has 2 saturated heterocycles. The Bertz CT molecular complexity index is 1230. The van der Waals surface area contributed by atoms with Gasteiger partial charge in [-0.3, -0.25) is 4.90 Å². The van der Waals surface area contributed by atoms with Gasteiger partial charge >= 0.3 is 5.63 Å². The van der Waals surface area contributed by atoms with Crippen molar-refractivity contribution in [1.29, 1.82) is 0 Å². The molecule has 2 aromatic carbocycles. The lowest BCUT2D eigenvalue weighted by molar-refractivity contribution is 0.0372.